The van der Waals surface area contributed by atoms with E-state index in [1.807, 2.05) is 0 Å². The number of hydrogen-bond donors (Lipinski definition) is 1. The van der Waals surface area contributed by atoms with E-state index in [9.17, 15) is 0 Å². The zero-order valence-electron chi connectivity index (χ0n) is 12.5. The van der Waals surface area contributed by atoms with Crippen LogP contribution in [0.5, 0.6) is 0 Å². The van der Waals surface area contributed by atoms with Gasteiger partial charge < -0.3 is 10.1 Å². The Morgan fingerprint density at radius 3 is 2.17 bits per heavy atom. The van der Waals surface area contributed by atoms with Crippen LogP contribution in [0, 0.1) is 27.7 Å². The number of rotatable bonds is 1. The first-order valence-electron chi connectivity index (χ1n) is 6.74. The molecule has 1 fully saturated rings. The van der Waals surface area contributed by atoms with Crippen molar-refractivity contribution in [3.63, 3.8) is 0 Å². The Kier molecular flexibility index (Phi) is 3.52. The highest BCUT2D eigenvalue weighted by Gasteiger charge is 2.30. The lowest BCUT2D eigenvalue weighted by Crippen LogP contribution is -2.51. The SMILES string of the molecule is Cc1cc(C)c(C)c(C2COCC(C)(C)N2)c1C. The van der Waals surface area contributed by atoms with E-state index < -0.39 is 0 Å². The molecular weight excluding hydrogens is 222 g/mol. The molecule has 1 unspecified atom stereocenters. The molecule has 0 aromatic heterocycles. The third-order valence-electron chi connectivity index (χ3n) is 4.08. The van der Waals surface area contributed by atoms with Gasteiger partial charge in [0.15, 0.2) is 0 Å². The molecule has 1 aliphatic rings. The van der Waals surface area contributed by atoms with Gasteiger partial charge in [-0.3, -0.25) is 0 Å². The molecule has 0 aliphatic carbocycles. The zero-order chi connectivity index (χ0) is 13.5. The highest BCUT2D eigenvalue weighted by molar-refractivity contribution is 5.46. The van der Waals surface area contributed by atoms with E-state index in [2.05, 4.69) is 52.9 Å². The van der Waals surface area contributed by atoms with Gasteiger partial charge in [0, 0.05) is 5.54 Å². The minimum atomic E-state index is 0.0550. The Hall–Kier alpha value is -0.860. The van der Waals surface area contributed by atoms with Crippen LogP contribution in [0.4, 0.5) is 0 Å². The van der Waals surface area contributed by atoms with Crippen molar-refractivity contribution in [1.82, 2.24) is 5.32 Å². The fourth-order valence-corrected chi connectivity index (χ4v) is 2.91. The molecule has 0 bridgehead atoms. The molecule has 1 N–H and O–H groups in total. The van der Waals surface area contributed by atoms with Gasteiger partial charge >= 0.3 is 0 Å². The summed E-state index contributed by atoms with van der Waals surface area (Å²) in [7, 11) is 0. The van der Waals surface area contributed by atoms with Crippen LogP contribution in [-0.4, -0.2) is 18.8 Å². The first-order chi connectivity index (χ1) is 8.32. The number of nitrogens with one attached hydrogen (secondary N) is 1. The smallest absolute Gasteiger partial charge is 0.0662 e. The van der Waals surface area contributed by atoms with Crippen molar-refractivity contribution in [3.05, 3.63) is 33.9 Å². The van der Waals surface area contributed by atoms with Gasteiger partial charge in [-0.2, -0.15) is 0 Å². The van der Waals surface area contributed by atoms with E-state index >= 15 is 0 Å². The maximum atomic E-state index is 5.78. The van der Waals surface area contributed by atoms with Crippen molar-refractivity contribution in [2.24, 2.45) is 0 Å². The van der Waals surface area contributed by atoms with Crippen molar-refractivity contribution >= 4 is 0 Å². The van der Waals surface area contributed by atoms with Crippen LogP contribution in [0.3, 0.4) is 0 Å². The fraction of sp³-hybridized carbons (Fsp3) is 0.625. The molecule has 18 heavy (non-hydrogen) atoms. The lowest BCUT2D eigenvalue weighted by atomic mass is 9.88. The summed E-state index contributed by atoms with van der Waals surface area (Å²) in [5, 5.41) is 3.72. The van der Waals surface area contributed by atoms with E-state index in [0.29, 0.717) is 6.04 Å². The Balaban J connectivity index is 2.44. The highest BCUT2D eigenvalue weighted by Crippen LogP contribution is 2.30. The molecule has 1 aromatic carbocycles. The van der Waals surface area contributed by atoms with Gasteiger partial charge in [0.05, 0.1) is 19.3 Å². The first-order valence-corrected chi connectivity index (χ1v) is 6.74. The van der Waals surface area contributed by atoms with E-state index in [1.54, 1.807) is 0 Å². The molecule has 1 aromatic rings. The van der Waals surface area contributed by atoms with Crippen molar-refractivity contribution in [2.45, 2.75) is 53.1 Å². The first kappa shape index (κ1) is 13.6. The summed E-state index contributed by atoms with van der Waals surface area (Å²) >= 11 is 0. The maximum absolute atomic E-state index is 5.78. The third-order valence-corrected chi connectivity index (χ3v) is 4.08. The van der Waals surface area contributed by atoms with Crippen LogP contribution in [0.2, 0.25) is 0 Å². The summed E-state index contributed by atoms with van der Waals surface area (Å²) in [4.78, 5) is 0. The Labute approximate surface area is 111 Å². The average molecular weight is 247 g/mol. The molecule has 0 saturated carbocycles. The van der Waals surface area contributed by atoms with Gasteiger partial charge in [0.25, 0.3) is 0 Å². The minimum Gasteiger partial charge on any atom is -0.378 e. The lowest BCUT2D eigenvalue weighted by Gasteiger charge is -2.38. The van der Waals surface area contributed by atoms with Crippen LogP contribution < -0.4 is 5.32 Å². The van der Waals surface area contributed by atoms with Crippen molar-refractivity contribution < 1.29 is 4.74 Å². The molecule has 2 nitrogen and oxygen atoms in total. The van der Waals surface area contributed by atoms with Crippen molar-refractivity contribution in [3.8, 4) is 0 Å². The number of ether oxygens (including phenoxy) is 1. The van der Waals surface area contributed by atoms with E-state index in [4.69, 9.17) is 4.74 Å². The fourth-order valence-electron chi connectivity index (χ4n) is 2.91. The van der Waals surface area contributed by atoms with Gasteiger partial charge in [-0.05, 0) is 69.4 Å². The number of hydrogen-bond acceptors (Lipinski definition) is 2. The molecule has 100 valence electrons. The second-order valence-electron chi connectivity index (χ2n) is 6.27. The Bertz CT molecular complexity index is 436. The van der Waals surface area contributed by atoms with Gasteiger partial charge in [0.2, 0.25) is 0 Å². The molecule has 0 amide bonds. The number of morpholine rings is 1. The minimum absolute atomic E-state index is 0.0550. The van der Waals surface area contributed by atoms with Crippen molar-refractivity contribution in [1.29, 1.82) is 0 Å². The second-order valence-corrected chi connectivity index (χ2v) is 6.27. The monoisotopic (exact) mass is 247 g/mol. The van der Waals surface area contributed by atoms with Crippen LogP contribution in [0.1, 0.15) is 47.7 Å². The van der Waals surface area contributed by atoms with Gasteiger partial charge in [-0.15, -0.1) is 0 Å². The van der Waals surface area contributed by atoms with Gasteiger partial charge in [0.1, 0.15) is 0 Å². The molecule has 1 aliphatic heterocycles. The summed E-state index contributed by atoms with van der Waals surface area (Å²) < 4.78 is 5.78. The average Bonchev–Trinajstić information content (AvgIpc) is 2.25. The van der Waals surface area contributed by atoms with E-state index in [0.717, 1.165) is 13.2 Å². The Morgan fingerprint density at radius 1 is 1.11 bits per heavy atom. The number of benzene rings is 1. The quantitative estimate of drug-likeness (QED) is 0.821. The van der Waals surface area contributed by atoms with Crippen LogP contribution in [0.25, 0.3) is 0 Å². The molecular formula is C16H25NO. The molecule has 1 heterocycles. The molecule has 2 heteroatoms. The normalized spacial score (nSPS) is 23.1. The van der Waals surface area contributed by atoms with Crippen LogP contribution in [0.15, 0.2) is 6.07 Å². The van der Waals surface area contributed by atoms with E-state index in [-0.39, 0.29) is 5.54 Å². The van der Waals surface area contributed by atoms with Crippen LogP contribution in [-0.2, 0) is 4.74 Å². The summed E-state index contributed by atoms with van der Waals surface area (Å²) in [6.07, 6.45) is 0. The predicted molar refractivity (Wildman–Crippen MR) is 76.2 cm³/mol. The van der Waals surface area contributed by atoms with E-state index in [1.165, 1.54) is 27.8 Å². The highest BCUT2D eigenvalue weighted by atomic mass is 16.5. The summed E-state index contributed by atoms with van der Waals surface area (Å²) in [6.45, 7) is 14.8. The zero-order valence-corrected chi connectivity index (χ0v) is 12.5. The van der Waals surface area contributed by atoms with Crippen LogP contribution >= 0.6 is 0 Å². The summed E-state index contributed by atoms with van der Waals surface area (Å²) in [6, 6.07) is 2.59. The summed E-state index contributed by atoms with van der Waals surface area (Å²) in [5.41, 5.74) is 7.03. The predicted octanol–water partition coefficient (Wildman–Crippen LogP) is 3.36. The third kappa shape index (κ3) is 2.45. The molecule has 1 saturated heterocycles. The molecule has 2 rings (SSSR count). The van der Waals surface area contributed by atoms with Crippen molar-refractivity contribution in [2.75, 3.05) is 13.2 Å². The lowest BCUT2D eigenvalue weighted by molar-refractivity contribution is 0.0124. The molecule has 1 atom stereocenters. The molecule has 0 spiro atoms. The maximum Gasteiger partial charge on any atom is 0.0662 e. The molecule has 0 radical (unpaired) electrons. The largest absolute Gasteiger partial charge is 0.378 e. The van der Waals surface area contributed by atoms with Gasteiger partial charge in [-0.1, -0.05) is 6.07 Å². The summed E-state index contributed by atoms with van der Waals surface area (Å²) in [5.74, 6) is 0. The number of aryl methyl sites for hydroxylation is 2. The second kappa shape index (κ2) is 4.67. The Morgan fingerprint density at radius 2 is 1.67 bits per heavy atom. The van der Waals surface area contributed by atoms with Gasteiger partial charge in [-0.25, -0.2) is 0 Å². The topological polar surface area (TPSA) is 21.3 Å². The standard InChI is InChI=1S/C16H25NO/c1-10-7-11(2)13(4)15(12(10)3)14-8-18-9-16(5,6)17-14/h7,14,17H,8-9H2,1-6H3.